The molecule has 0 unspecified atom stereocenters. The Labute approximate surface area is 357 Å². The number of hydrogen-bond acceptors (Lipinski definition) is 10. The summed E-state index contributed by atoms with van der Waals surface area (Å²) < 4.78 is 2.67. The van der Waals surface area contributed by atoms with Gasteiger partial charge in [-0.25, -0.2) is 9.80 Å². The fourth-order valence-electron chi connectivity index (χ4n) is 8.67. The van der Waals surface area contributed by atoms with Gasteiger partial charge in [-0.3, -0.25) is 49.1 Å². The highest BCUT2D eigenvalue weighted by atomic mass is 16.7. The summed E-state index contributed by atoms with van der Waals surface area (Å²) in [4.78, 5) is 93.7. The molecule has 4 aliphatic rings. The van der Waals surface area contributed by atoms with E-state index in [1.807, 2.05) is 0 Å². The first-order chi connectivity index (χ1) is 30.6. The van der Waals surface area contributed by atoms with E-state index >= 15 is 0 Å². The zero-order valence-electron chi connectivity index (χ0n) is 32.8. The number of amides is 4. The fraction of sp³-hybridized carbons (Fsp3) is 0.106. The molecule has 0 aromatic heterocycles. The molecule has 0 spiro atoms. The number of benzene rings is 6. The average molecular weight is 841 g/mol. The first kappa shape index (κ1) is 38.5. The molecule has 4 atom stereocenters. The van der Waals surface area contributed by atoms with Crippen LogP contribution in [-0.4, -0.2) is 66.6 Å². The number of nitro benzene ring substituents is 2. The van der Waals surface area contributed by atoms with E-state index in [1.54, 1.807) is 121 Å². The molecule has 4 aliphatic heterocycles. The van der Waals surface area contributed by atoms with Gasteiger partial charge >= 0.3 is 0 Å². The lowest BCUT2D eigenvalue weighted by molar-refractivity contribution is -0.724. The smallest absolute Gasteiger partial charge is 0.273 e. The van der Waals surface area contributed by atoms with Crippen molar-refractivity contribution < 1.29 is 48.2 Å². The lowest BCUT2D eigenvalue weighted by Crippen LogP contribution is -2.35. The maximum atomic E-state index is 14.2. The van der Waals surface area contributed by atoms with E-state index in [-0.39, 0.29) is 33.9 Å². The number of para-hydroxylation sites is 4. The summed E-state index contributed by atoms with van der Waals surface area (Å²) in [7, 11) is 0. The SMILES string of the molecule is O=C1[C@@H]2C(c3ccccc3[N+](=O)[O-])=[N+](c3ccccc3)O[C@@H]2C(=O)N1c1ccc(Cc2ccc(N3C(=O)[C@H]4C(c5ccccc5[N+](=O)[O-])=[N+](c5ccccc5)O[C@H]4C3=O)cc2)cc1. The zero-order chi connectivity index (χ0) is 43.5. The molecule has 0 aliphatic carbocycles. The van der Waals surface area contributed by atoms with Crippen molar-refractivity contribution in [1.29, 1.82) is 0 Å². The first-order valence-electron chi connectivity index (χ1n) is 19.8. The second-order valence-corrected chi connectivity index (χ2v) is 15.1. The Hall–Kier alpha value is -8.66. The van der Waals surface area contributed by atoms with Crippen molar-refractivity contribution in [3.8, 4) is 0 Å². The minimum atomic E-state index is -1.25. The molecular formula is C47H32N6O10+2. The number of carbonyl (C=O) groups excluding carboxylic acids is 4. The van der Waals surface area contributed by atoms with Crippen LogP contribution in [0.5, 0.6) is 0 Å². The van der Waals surface area contributed by atoms with Gasteiger partial charge in [0, 0.05) is 45.9 Å². The Morgan fingerprint density at radius 3 is 1.17 bits per heavy atom. The van der Waals surface area contributed by atoms with E-state index in [9.17, 15) is 39.4 Å². The van der Waals surface area contributed by atoms with E-state index in [1.165, 1.54) is 45.9 Å². The molecular weight excluding hydrogens is 809 g/mol. The predicted molar refractivity (Wildman–Crippen MR) is 225 cm³/mol. The number of nitrogens with zero attached hydrogens (tertiary/aromatic N) is 6. The van der Waals surface area contributed by atoms with E-state index in [4.69, 9.17) is 9.68 Å². The summed E-state index contributed by atoms with van der Waals surface area (Å²) in [6.07, 6.45) is -2.10. The number of rotatable bonds is 10. The Balaban J connectivity index is 0.885. The topological polar surface area (TPSA) is 186 Å². The van der Waals surface area contributed by atoms with Crippen LogP contribution in [0.2, 0.25) is 0 Å². The van der Waals surface area contributed by atoms with Gasteiger partial charge in [-0.05, 0) is 53.9 Å². The number of hydrogen-bond donors (Lipinski definition) is 0. The van der Waals surface area contributed by atoms with Crippen LogP contribution in [0.1, 0.15) is 22.3 Å². The van der Waals surface area contributed by atoms with Crippen LogP contribution in [-0.2, 0) is 35.3 Å². The summed E-state index contributed by atoms with van der Waals surface area (Å²) in [5, 5.41) is 24.2. The fourth-order valence-corrected chi connectivity index (χ4v) is 8.67. The van der Waals surface area contributed by atoms with Gasteiger partial charge in [-0.1, -0.05) is 84.9 Å². The van der Waals surface area contributed by atoms with Gasteiger partial charge in [-0.15, -0.1) is 0 Å². The molecule has 0 bridgehead atoms. The summed E-state index contributed by atoms with van der Waals surface area (Å²) >= 11 is 0. The van der Waals surface area contributed by atoms with Crippen LogP contribution in [0.25, 0.3) is 0 Å². The predicted octanol–water partition coefficient (Wildman–Crippen LogP) is 6.37. The van der Waals surface area contributed by atoms with Crippen molar-refractivity contribution in [3.05, 3.63) is 200 Å². The number of fused-ring (bicyclic) bond motifs is 2. The molecule has 0 saturated carbocycles. The molecule has 4 heterocycles. The van der Waals surface area contributed by atoms with Crippen molar-refractivity contribution in [2.75, 3.05) is 9.80 Å². The molecule has 63 heavy (non-hydrogen) atoms. The average Bonchev–Trinajstić information content (AvgIpc) is 4.03. The molecule has 10 rings (SSSR count). The standard InChI is InChI=1S/C47H32N6O10/c54-44-38-40(34-15-7-9-17-36(34)52(58)59)50(32-11-3-1-4-12-32)62-42(38)46(56)48(44)30-23-19-28(20-24-30)27-29-21-25-31(26-22-29)49-45(55)39-41(35-16-8-10-18-37(35)53(60)61)51(63-43(39)47(49)57)33-13-5-2-6-14-33/h1-26,38-39,42-43H,27H2/q+2/t38-,39+,42+,43-. The molecule has 6 aromatic carbocycles. The quantitative estimate of drug-likeness (QED) is 0.0650. The van der Waals surface area contributed by atoms with Crippen molar-refractivity contribution in [1.82, 2.24) is 0 Å². The van der Waals surface area contributed by atoms with Crippen molar-refractivity contribution in [2.45, 2.75) is 18.6 Å². The Morgan fingerprint density at radius 1 is 0.460 bits per heavy atom. The van der Waals surface area contributed by atoms with Gasteiger partial charge in [0.25, 0.3) is 70.0 Å². The second kappa shape index (κ2) is 15.1. The van der Waals surface area contributed by atoms with Crippen LogP contribution in [0, 0.1) is 32.1 Å². The highest BCUT2D eigenvalue weighted by molar-refractivity contribution is 6.33. The lowest BCUT2D eigenvalue weighted by Gasteiger charge is -2.17. The number of imide groups is 2. The number of nitro groups is 2. The van der Waals surface area contributed by atoms with Gasteiger partial charge in [0.15, 0.2) is 11.8 Å². The third kappa shape index (κ3) is 6.30. The third-order valence-electron chi connectivity index (χ3n) is 11.5. The third-order valence-corrected chi connectivity index (χ3v) is 11.5. The van der Waals surface area contributed by atoms with Crippen molar-refractivity contribution in [2.24, 2.45) is 11.8 Å². The molecule has 2 saturated heterocycles. The summed E-state index contributed by atoms with van der Waals surface area (Å²) in [6, 6.07) is 43.2. The monoisotopic (exact) mass is 840 g/mol. The van der Waals surface area contributed by atoms with Crippen LogP contribution in [0.15, 0.2) is 158 Å². The maximum absolute atomic E-state index is 14.2. The van der Waals surface area contributed by atoms with Crippen LogP contribution in [0.4, 0.5) is 34.1 Å². The molecule has 0 radical (unpaired) electrons. The zero-order valence-corrected chi connectivity index (χ0v) is 32.8. The Bertz CT molecular complexity index is 2790. The molecule has 4 amide bonds. The van der Waals surface area contributed by atoms with Gasteiger partial charge in [0.2, 0.25) is 0 Å². The summed E-state index contributed by atoms with van der Waals surface area (Å²) in [5.74, 6) is -4.69. The second-order valence-electron chi connectivity index (χ2n) is 15.1. The highest BCUT2D eigenvalue weighted by Gasteiger charge is 2.65. The minimum Gasteiger partial charge on any atom is -0.273 e. The summed E-state index contributed by atoms with van der Waals surface area (Å²) in [5.41, 5.74) is 3.50. The molecule has 0 N–H and O–H groups in total. The molecule has 16 nitrogen and oxygen atoms in total. The lowest BCUT2D eigenvalue weighted by atomic mass is 9.92. The largest absolute Gasteiger partial charge is 0.283 e. The van der Waals surface area contributed by atoms with Gasteiger partial charge in [0.05, 0.1) is 21.2 Å². The van der Waals surface area contributed by atoms with E-state index in [2.05, 4.69) is 0 Å². The van der Waals surface area contributed by atoms with E-state index in [0.717, 1.165) is 20.9 Å². The normalized spacial score (nSPS) is 20.3. The molecule has 6 aromatic rings. The minimum absolute atomic E-state index is 0.161. The van der Waals surface area contributed by atoms with Crippen molar-refractivity contribution in [3.63, 3.8) is 0 Å². The van der Waals surface area contributed by atoms with Crippen molar-refractivity contribution >= 4 is 69.2 Å². The molecule has 308 valence electrons. The Kier molecular flexibility index (Phi) is 9.24. The van der Waals surface area contributed by atoms with Crippen LogP contribution < -0.4 is 9.80 Å². The van der Waals surface area contributed by atoms with Crippen LogP contribution in [0.3, 0.4) is 0 Å². The Morgan fingerprint density at radius 2 is 0.810 bits per heavy atom. The first-order valence-corrected chi connectivity index (χ1v) is 19.8. The maximum Gasteiger partial charge on any atom is 0.283 e. The molecule has 16 heteroatoms. The van der Waals surface area contributed by atoms with E-state index < -0.39 is 57.5 Å². The highest BCUT2D eigenvalue weighted by Crippen LogP contribution is 2.41. The summed E-state index contributed by atoms with van der Waals surface area (Å²) in [6.45, 7) is 0. The number of anilines is 2. The van der Waals surface area contributed by atoms with E-state index in [0.29, 0.717) is 29.2 Å². The van der Waals surface area contributed by atoms with Gasteiger partial charge in [0.1, 0.15) is 11.1 Å². The molecule has 2 fully saturated rings. The van der Waals surface area contributed by atoms with Gasteiger partial charge < -0.3 is 0 Å². The number of carbonyl (C=O) groups is 4. The van der Waals surface area contributed by atoms with Crippen LogP contribution >= 0.6 is 0 Å². The van der Waals surface area contributed by atoms with Gasteiger partial charge in [-0.2, -0.15) is 0 Å².